The van der Waals surface area contributed by atoms with Crippen LogP contribution in [0.25, 0.3) is 0 Å². The van der Waals surface area contributed by atoms with E-state index in [1.54, 1.807) is 19.1 Å². The molecule has 1 aliphatic heterocycles. The highest BCUT2D eigenvalue weighted by Crippen LogP contribution is 2.36. The summed E-state index contributed by atoms with van der Waals surface area (Å²) in [6.07, 6.45) is 0.0318. The molecule has 8 heteroatoms. The first kappa shape index (κ1) is 17.9. The number of rotatable bonds is 5. The number of nitro benzene ring substituents is 1. The van der Waals surface area contributed by atoms with Crippen molar-refractivity contribution in [2.75, 3.05) is 5.32 Å². The molecule has 0 bridgehead atoms. The fraction of sp³-hybridized carbons (Fsp3) is 0.222. The fourth-order valence-electron chi connectivity index (χ4n) is 2.69. The van der Waals surface area contributed by atoms with E-state index in [0.29, 0.717) is 5.56 Å². The van der Waals surface area contributed by atoms with Crippen molar-refractivity contribution in [2.24, 2.45) is 0 Å². The molecule has 2 aromatic rings. The first-order chi connectivity index (χ1) is 12.4. The summed E-state index contributed by atoms with van der Waals surface area (Å²) >= 11 is 1.36. The number of nitrogens with one attached hydrogen (secondary N) is 2. The summed E-state index contributed by atoms with van der Waals surface area (Å²) in [4.78, 5) is 35.8. The van der Waals surface area contributed by atoms with Crippen LogP contribution >= 0.6 is 11.8 Å². The maximum Gasteiger partial charge on any atom is 0.269 e. The van der Waals surface area contributed by atoms with Gasteiger partial charge in [0.15, 0.2) is 0 Å². The van der Waals surface area contributed by atoms with Crippen molar-refractivity contribution in [3.05, 3.63) is 64.2 Å². The minimum Gasteiger partial charge on any atom is -0.350 e. The Morgan fingerprint density at radius 1 is 1.31 bits per heavy atom. The number of thioether (sulfide) groups is 1. The zero-order valence-corrected chi connectivity index (χ0v) is 14.8. The van der Waals surface area contributed by atoms with Crippen LogP contribution in [0.3, 0.4) is 0 Å². The van der Waals surface area contributed by atoms with Crippen LogP contribution < -0.4 is 10.6 Å². The van der Waals surface area contributed by atoms with Crippen molar-refractivity contribution in [1.29, 1.82) is 0 Å². The Morgan fingerprint density at radius 3 is 2.85 bits per heavy atom. The second-order valence-corrected chi connectivity index (χ2v) is 7.18. The van der Waals surface area contributed by atoms with Gasteiger partial charge in [0.1, 0.15) is 0 Å². The second kappa shape index (κ2) is 7.57. The number of hydrogen-bond donors (Lipinski definition) is 2. The number of nitro groups is 1. The average Bonchev–Trinajstić information content (AvgIpc) is 2.62. The fourth-order valence-corrected chi connectivity index (χ4v) is 3.80. The Bertz CT molecular complexity index is 871. The minimum atomic E-state index is -0.512. The van der Waals surface area contributed by atoms with E-state index >= 15 is 0 Å². The molecule has 2 aromatic carbocycles. The van der Waals surface area contributed by atoms with Crippen LogP contribution in [0.5, 0.6) is 0 Å². The van der Waals surface area contributed by atoms with Crippen LogP contribution in [0.4, 0.5) is 11.4 Å². The maximum atomic E-state index is 12.3. The predicted octanol–water partition coefficient (Wildman–Crippen LogP) is 3.28. The standard InChI is InChI=1S/C18H17N3O4S/c1-11(12-5-4-6-13(9-12)21(24)25)19-17(22)10-16-18(23)20-14-7-2-3-8-15(14)26-16/h2-9,11,16H,10H2,1H3,(H,19,22)(H,20,23)/t11-,16+/m1/s1. The number of carbonyl (C=O) groups excluding carboxylic acids is 2. The Kier molecular flexibility index (Phi) is 5.22. The van der Waals surface area contributed by atoms with Gasteiger partial charge in [0.2, 0.25) is 11.8 Å². The van der Waals surface area contributed by atoms with Gasteiger partial charge in [0, 0.05) is 23.4 Å². The molecule has 1 heterocycles. The third-order valence-electron chi connectivity index (χ3n) is 4.04. The van der Waals surface area contributed by atoms with Gasteiger partial charge in [-0.1, -0.05) is 24.3 Å². The number of anilines is 1. The molecule has 0 saturated carbocycles. The van der Waals surface area contributed by atoms with Gasteiger partial charge in [-0.15, -0.1) is 11.8 Å². The molecule has 26 heavy (non-hydrogen) atoms. The van der Waals surface area contributed by atoms with E-state index in [9.17, 15) is 19.7 Å². The number of nitrogens with zero attached hydrogens (tertiary/aromatic N) is 1. The van der Waals surface area contributed by atoms with Gasteiger partial charge in [0.05, 0.1) is 21.9 Å². The molecular weight excluding hydrogens is 354 g/mol. The van der Waals surface area contributed by atoms with Gasteiger partial charge in [-0.3, -0.25) is 19.7 Å². The molecule has 0 aromatic heterocycles. The molecule has 2 N–H and O–H groups in total. The van der Waals surface area contributed by atoms with E-state index in [1.165, 1.54) is 23.9 Å². The number of carbonyl (C=O) groups is 2. The van der Waals surface area contributed by atoms with E-state index in [2.05, 4.69) is 10.6 Å². The van der Waals surface area contributed by atoms with Crippen LogP contribution in [0.15, 0.2) is 53.4 Å². The van der Waals surface area contributed by atoms with Gasteiger partial charge in [-0.05, 0) is 24.6 Å². The Balaban J connectivity index is 1.63. The third-order valence-corrected chi connectivity index (χ3v) is 5.31. The lowest BCUT2D eigenvalue weighted by atomic mass is 10.1. The van der Waals surface area contributed by atoms with Gasteiger partial charge < -0.3 is 10.6 Å². The van der Waals surface area contributed by atoms with Crippen LogP contribution in [0.1, 0.15) is 24.9 Å². The number of amides is 2. The van der Waals surface area contributed by atoms with Crippen LogP contribution in [0, 0.1) is 10.1 Å². The first-order valence-corrected chi connectivity index (χ1v) is 8.92. The van der Waals surface area contributed by atoms with E-state index in [-0.39, 0.29) is 23.9 Å². The predicted molar refractivity (Wildman–Crippen MR) is 99.0 cm³/mol. The quantitative estimate of drug-likeness (QED) is 0.620. The Labute approximate surface area is 154 Å². The third kappa shape index (κ3) is 4.02. The molecule has 0 aliphatic carbocycles. The van der Waals surface area contributed by atoms with Crippen molar-refractivity contribution in [2.45, 2.75) is 29.5 Å². The van der Waals surface area contributed by atoms with Crippen molar-refractivity contribution >= 4 is 35.0 Å². The molecule has 2 amide bonds. The highest BCUT2D eigenvalue weighted by molar-refractivity contribution is 8.01. The van der Waals surface area contributed by atoms with Crippen molar-refractivity contribution < 1.29 is 14.5 Å². The molecule has 1 aliphatic rings. The molecule has 0 radical (unpaired) electrons. The summed E-state index contributed by atoms with van der Waals surface area (Å²) in [6.45, 7) is 1.75. The molecule has 0 spiro atoms. The first-order valence-electron chi connectivity index (χ1n) is 8.04. The lowest BCUT2D eigenvalue weighted by molar-refractivity contribution is -0.384. The Hall–Kier alpha value is -2.87. The van der Waals surface area contributed by atoms with Crippen LogP contribution in [-0.4, -0.2) is 22.0 Å². The van der Waals surface area contributed by atoms with Crippen molar-refractivity contribution in [1.82, 2.24) is 5.32 Å². The van der Waals surface area contributed by atoms with E-state index in [0.717, 1.165) is 10.6 Å². The lowest BCUT2D eigenvalue weighted by Crippen LogP contribution is -2.35. The van der Waals surface area contributed by atoms with E-state index in [4.69, 9.17) is 0 Å². The van der Waals surface area contributed by atoms with Gasteiger partial charge in [-0.25, -0.2) is 0 Å². The monoisotopic (exact) mass is 371 g/mol. The summed E-state index contributed by atoms with van der Waals surface area (Å²) < 4.78 is 0. The summed E-state index contributed by atoms with van der Waals surface area (Å²) in [6, 6.07) is 13.2. The number of non-ortho nitro benzene ring substituents is 1. The van der Waals surface area contributed by atoms with Crippen LogP contribution in [0.2, 0.25) is 0 Å². The number of fused-ring (bicyclic) bond motifs is 1. The lowest BCUT2D eigenvalue weighted by Gasteiger charge is -2.24. The number of para-hydroxylation sites is 1. The SMILES string of the molecule is C[C@@H](NC(=O)C[C@@H]1Sc2ccccc2NC1=O)c1cccc([N+](=O)[O-])c1. The highest BCUT2D eigenvalue weighted by atomic mass is 32.2. The molecule has 0 fully saturated rings. The summed E-state index contributed by atoms with van der Waals surface area (Å²) in [5.74, 6) is -0.483. The molecule has 3 rings (SSSR count). The van der Waals surface area contributed by atoms with Crippen molar-refractivity contribution in [3.63, 3.8) is 0 Å². The molecule has 0 saturated heterocycles. The molecule has 2 atom stereocenters. The summed E-state index contributed by atoms with van der Waals surface area (Å²) in [7, 11) is 0. The van der Waals surface area contributed by atoms with Gasteiger partial charge in [-0.2, -0.15) is 0 Å². The zero-order chi connectivity index (χ0) is 18.7. The molecule has 134 valence electrons. The van der Waals surface area contributed by atoms with Gasteiger partial charge in [0.25, 0.3) is 5.69 Å². The largest absolute Gasteiger partial charge is 0.350 e. The molecule has 7 nitrogen and oxygen atoms in total. The highest BCUT2D eigenvalue weighted by Gasteiger charge is 2.29. The Morgan fingerprint density at radius 2 is 2.08 bits per heavy atom. The van der Waals surface area contributed by atoms with E-state index in [1.807, 2.05) is 24.3 Å². The number of hydrogen-bond acceptors (Lipinski definition) is 5. The van der Waals surface area contributed by atoms with Gasteiger partial charge >= 0.3 is 0 Å². The topological polar surface area (TPSA) is 101 Å². The average molecular weight is 371 g/mol. The van der Waals surface area contributed by atoms with Crippen LogP contribution in [-0.2, 0) is 9.59 Å². The minimum absolute atomic E-state index is 0.0255. The number of benzene rings is 2. The molecule has 0 unspecified atom stereocenters. The molecular formula is C18H17N3O4S. The summed E-state index contributed by atoms with van der Waals surface area (Å²) in [5.41, 5.74) is 1.37. The van der Waals surface area contributed by atoms with E-state index < -0.39 is 16.2 Å². The smallest absolute Gasteiger partial charge is 0.269 e. The maximum absolute atomic E-state index is 12.3. The normalized spacial score (nSPS) is 17.0. The van der Waals surface area contributed by atoms with Crippen molar-refractivity contribution in [3.8, 4) is 0 Å². The summed E-state index contributed by atoms with van der Waals surface area (Å²) in [5, 5.41) is 16.0. The zero-order valence-electron chi connectivity index (χ0n) is 14.0. The second-order valence-electron chi connectivity index (χ2n) is 5.94.